The second kappa shape index (κ2) is 3.46. The van der Waals surface area contributed by atoms with Crippen LogP contribution in [0.25, 0.3) is 0 Å². The molecule has 1 aromatic carbocycles. The normalized spacial score (nSPS) is 9.92. The molecular weight excluding hydrogens is 243 g/mol. The lowest BCUT2D eigenvalue weighted by atomic mass is 10.1. The van der Waals surface area contributed by atoms with Crippen molar-refractivity contribution in [3.05, 3.63) is 32.8 Å². The molecule has 12 heavy (non-hydrogen) atoms. The molecule has 1 aromatic rings. The average molecular weight is 249 g/mol. The lowest BCUT2D eigenvalue weighted by Crippen LogP contribution is -1.99. The Balaban J connectivity index is 3.38. The molecule has 0 radical (unpaired) electrons. The zero-order valence-electron chi connectivity index (χ0n) is 6.27. The molecule has 64 valence electrons. The van der Waals surface area contributed by atoms with Gasteiger partial charge in [0, 0.05) is 4.47 Å². The number of hydrogen-bond acceptors (Lipinski definition) is 1. The summed E-state index contributed by atoms with van der Waals surface area (Å²) in [6.45, 7) is 1.85. The molecule has 0 saturated carbocycles. The van der Waals surface area contributed by atoms with Crippen LogP contribution >= 0.6 is 27.5 Å². The van der Waals surface area contributed by atoms with Gasteiger partial charge >= 0.3 is 5.97 Å². The quantitative estimate of drug-likeness (QED) is 0.830. The second-order valence-corrected chi connectivity index (χ2v) is 3.67. The van der Waals surface area contributed by atoms with Crippen LogP contribution in [0.2, 0.25) is 5.02 Å². The first-order valence-electron chi connectivity index (χ1n) is 3.21. The van der Waals surface area contributed by atoms with Crippen molar-refractivity contribution in [3.8, 4) is 0 Å². The van der Waals surface area contributed by atoms with Crippen LogP contribution in [0.4, 0.5) is 0 Å². The summed E-state index contributed by atoms with van der Waals surface area (Å²) in [5, 5.41) is 8.98. The molecule has 0 bridgehead atoms. The van der Waals surface area contributed by atoms with Crippen LogP contribution in [-0.2, 0) is 0 Å². The number of carbonyl (C=O) groups is 1. The fraction of sp³-hybridized carbons (Fsp3) is 0.125. The Bertz CT molecular complexity index is 313. The van der Waals surface area contributed by atoms with Crippen LogP contribution in [0.1, 0.15) is 15.9 Å². The molecule has 0 spiro atoms. The fourth-order valence-electron chi connectivity index (χ4n) is 0.904. The van der Waals surface area contributed by atoms with E-state index in [9.17, 15) is 4.79 Å². The van der Waals surface area contributed by atoms with E-state index in [-0.39, 0.29) is 10.6 Å². The molecular formula is C8H6BrClO2. The van der Waals surface area contributed by atoms with Crippen molar-refractivity contribution in [3.63, 3.8) is 0 Å². The summed E-state index contributed by atoms with van der Waals surface area (Å²) in [6, 6.07) is 3.34. The van der Waals surface area contributed by atoms with Crippen molar-refractivity contribution < 1.29 is 9.90 Å². The summed E-state index contributed by atoms with van der Waals surface area (Å²) in [7, 11) is 0. The van der Waals surface area contributed by atoms with Crippen molar-refractivity contribution in [1.29, 1.82) is 0 Å². The van der Waals surface area contributed by atoms with Gasteiger partial charge in [0.2, 0.25) is 0 Å². The predicted molar refractivity (Wildman–Crippen MR) is 50.8 cm³/mol. The van der Waals surface area contributed by atoms with Crippen LogP contribution in [0.3, 0.4) is 0 Å². The van der Waals surface area contributed by atoms with Crippen LogP contribution in [-0.4, -0.2) is 11.1 Å². The molecule has 0 fully saturated rings. The van der Waals surface area contributed by atoms with E-state index in [1.54, 1.807) is 12.1 Å². The smallest absolute Gasteiger partial charge is 0.338 e. The van der Waals surface area contributed by atoms with Crippen LogP contribution in [0.5, 0.6) is 0 Å². The number of halogens is 2. The molecule has 4 heteroatoms. The third-order valence-corrected chi connectivity index (χ3v) is 2.32. The largest absolute Gasteiger partial charge is 0.478 e. The van der Waals surface area contributed by atoms with Crippen LogP contribution in [0, 0.1) is 6.92 Å². The fourth-order valence-corrected chi connectivity index (χ4v) is 2.12. The van der Waals surface area contributed by atoms with Gasteiger partial charge in [0.15, 0.2) is 0 Å². The van der Waals surface area contributed by atoms with Gasteiger partial charge in [0.25, 0.3) is 0 Å². The minimum Gasteiger partial charge on any atom is -0.478 e. The maximum absolute atomic E-state index is 10.6. The average Bonchev–Trinajstić information content (AvgIpc) is 1.82. The zero-order chi connectivity index (χ0) is 9.30. The molecule has 0 amide bonds. The Labute approximate surface area is 83.3 Å². The molecule has 0 saturated heterocycles. The van der Waals surface area contributed by atoms with Gasteiger partial charge in [-0.1, -0.05) is 11.6 Å². The molecule has 1 rings (SSSR count). The highest BCUT2D eigenvalue weighted by atomic mass is 79.9. The van der Waals surface area contributed by atoms with Crippen LogP contribution in [0.15, 0.2) is 16.6 Å². The topological polar surface area (TPSA) is 37.3 Å². The van der Waals surface area contributed by atoms with Crippen molar-refractivity contribution >= 4 is 33.5 Å². The minimum absolute atomic E-state index is 0.113. The Hall–Kier alpha value is -0.540. The highest BCUT2D eigenvalue weighted by Gasteiger charge is 2.12. The van der Waals surface area contributed by atoms with Crippen LogP contribution < -0.4 is 0 Å². The summed E-state index contributed by atoms with van der Waals surface area (Å²) in [6.07, 6.45) is 0. The molecule has 1 N–H and O–H groups in total. The summed E-state index contributed by atoms with van der Waals surface area (Å²) in [5.74, 6) is -1.02. The third kappa shape index (κ3) is 1.79. The molecule has 0 aliphatic rings. The molecule has 2 nitrogen and oxygen atoms in total. The Kier molecular flexibility index (Phi) is 2.75. The summed E-state index contributed by atoms with van der Waals surface area (Å²) >= 11 is 8.85. The number of benzene rings is 1. The number of carboxylic acids is 1. The van der Waals surface area contributed by atoms with E-state index in [4.69, 9.17) is 16.7 Å². The molecule has 0 aliphatic carbocycles. The van der Waals surface area contributed by atoms with Gasteiger partial charge in [-0.25, -0.2) is 4.79 Å². The molecule has 0 aliphatic heterocycles. The summed E-state index contributed by atoms with van der Waals surface area (Å²) < 4.78 is 0.514. The maximum Gasteiger partial charge on any atom is 0.338 e. The highest BCUT2D eigenvalue weighted by Crippen LogP contribution is 2.26. The van der Waals surface area contributed by atoms with Crippen molar-refractivity contribution in [2.24, 2.45) is 0 Å². The number of hydrogen-bond donors (Lipinski definition) is 1. The van der Waals surface area contributed by atoms with Gasteiger partial charge in [-0.2, -0.15) is 0 Å². The monoisotopic (exact) mass is 248 g/mol. The second-order valence-electron chi connectivity index (χ2n) is 2.41. The van der Waals surface area contributed by atoms with Crippen molar-refractivity contribution in [2.75, 3.05) is 0 Å². The van der Waals surface area contributed by atoms with Gasteiger partial charge in [-0.05, 0) is 40.5 Å². The first-order valence-corrected chi connectivity index (χ1v) is 4.38. The summed E-state index contributed by atoms with van der Waals surface area (Å²) in [5.41, 5.74) is 1.04. The molecule has 0 unspecified atom stereocenters. The maximum atomic E-state index is 10.6. The van der Waals surface area contributed by atoms with E-state index < -0.39 is 5.97 Å². The SMILES string of the molecule is Cc1cc(Cl)c(C(=O)O)c(Br)c1. The van der Waals surface area contributed by atoms with E-state index in [1.807, 2.05) is 6.92 Å². The zero-order valence-corrected chi connectivity index (χ0v) is 8.61. The third-order valence-electron chi connectivity index (χ3n) is 1.40. The van der Waals surface area contributed by atoms with Gasteiger partial charge in [-0.15, -0.1) is 0 Å². The summed E-state index contributed by atoms with van der Waals surface area (Å²) in [4.78, 5) is 10.6. The Morgan fingerprint density at radius 1 is 1.58 bits per heavy atom. The van der Waals surface area contributed by atoms with Gasteiger partial charge in [0.05, 0.1) is 10.6 Å². The van der Waals surface area contributed by atoms with E-state index >= 15 is 0 Å². The van der Waals surface area contributed by atoms with Gasteiger partial charge in [0.1, 0.15) is 0 Å². The van der Waals surface area contributed by atoms with Crippen molar-refractivity contribution in [2.45, 2.75) is 6.92 Å². The predicted octanol–water partition coefficient (Wildman–Crippen LogP) is 3.11. The lowest BCUT2D eigenvalue weighted by Gasteiger charge is -2.02. The molecule has 0 aromatic heterocycles. The Morgan fingerprint density at radius 3 is 2.58 bits per heavy atom. The Morgan fingerprint density at radius 2 is 2.17 bits per heavy atom. The minimum atomic E-state index is -1.02. The molecule has 0 heterocycles. The molecule has 0 atom stereocenters. The first kappa shape index (κ1) is 9.55. The lowest BCUT2D eigenvalue weighted by molar-refractivity contribution is 0.0696. The standard InChI is InChI=1S/C8H6BrClO2/c1-4-2-5(9)7(8(11)12)6(10)3-4/h2-3H,1H3,(H,11,12). The van der Waals surface area contributed by atoms with Crippen molar-refractivity contribution in [1.82, 2.24) is 0 Å². The van der Waals surface area contributed by atoms with Gasteiger partial charge in [-0.3, -0.25) is 0 Å². The van der Waals surface area contributed by atoms with Gasteiger partial charge < -0.3 is 5.11 Å². The first-order chi connectivity index (χ1) is 5.52. The van der Waals surface area contributed by atoms with E-state index in [2.05, 4.69) is 15.9 Å². The number of aromatic carboxylic acids is 1. The van der Waals surface area contributed by atoms with E-state index in [1.165, 1.54) is 0 Å². The van der Waals surface area contributed by atoms with E-state index in [0.29, 0.717) is 4.47 Å². The number of aryl methyl sites for hydroxylation is 1. The number of carboxylic acid groups (broad SMARTS) is 1. The number of rotatable bonds is 1. The van der Waals surface area contributed by atoms with E-state index in [0.717, 1.165) is 5.56 Å². The highest BCUT2D eigenvalue weighted by molar-refractivity contribution is 9.10.